The van der Waals surface area contributed by atoms with E-state index in [1.807, 2.05) is 30.3 Å². The van der Waals surface area contributed by atoms with E-state index in [1.165, 1.54) is 31.0 Å². The van der Waals surface area contributed by atoms with E-state index in [-0.39, 0.29) is 5.91 Å². The Morgan fingerprint density at radius 3 is 2.71 bits per heavy atom. The number of aliphatic imine (C=N–C) groups is 1. The summed E-state index contributed by atoms with van der Waals surface area (Å²) in [5, 5.41) is 1.37. The predicted molar refractivity (Wildman–Crippen MR) is 100 cm³/mol. The average Bonchev–Trinajstić information content (AvgIpc) is 2.92. The van der Waals surface area contributed by atoms with Crippen molar-refractivity contribution in [2.45, 2.75) is 19.3 Å². The van der Waals surface area contributed by atoms with Gasteiger partial charge in [-0.05, 0) is 49.2 Å². The number of benzene rings is 1. The molecule has 1 aromatic carbocycles. The number of nitrogens with zero attached hydrogens (tertiary/aromatic N) is 3. The number of carbonyl (C=O) groups excluding carboxylic acids is 1. The first kappa shape index (κ1) is 15.2. The third-order valence-corrected chi connectivity index (χ3v) is 5.12. The fourth-order valence-corrected chi connectivity index (χ4v) is 3.83. The van der Waals surface area contributed by atoms with Gasteiger partial charge in [0.15, 0.2) is 5.17 Å². The molecule has 2 aliphatic heterocycles. The number of nitrogens with two attached hydrogens (primary N) is 1. The Morgan fingerprint density at radius 1 is 1.17 bits per heavy atom. The standard InChI is InChI=1S/C18H18N4OS/c19-18-21-17(23)15(24-18)11-13-10-12-6-2-3-7-14(12)20-16(13)22-8-4-1-5-9-22/h2-3,6-7,10-11H,1,4-5,8-9H2,(H2,19,21,23)/b15-11-. The van der Waals surface area contributed by atoms with Crippen molar-refractivity contribution in [3.63, 3.8) is 0 Å². The van der Waals surface area contributed by atoms with Crippen molar-refractivity contribution in [1.82, 2.24) is 4.98 Å². The minimum Gasteiger partial charge on any atom is -0.378 e. The van der Waals surface area contributed by atoms with Crippen molar-refractivity contribution in [1.29, 1.82) is 0 Å². The number of hydrogen-bond donors (Lipinski definition) is 1. The topological polar surface area (TPSA) is 71.6 Å². The van der Waals surface area contributed by atoms with Crippen LogP contribution in [0.25, 0.3) is 17.0 Å². The van der Waals surface area contributed by atoms with Crippen LogP contribution < -0.4 is 10.6 Å². The molecule has 24 heavy (non-hydrogen) atoms. The molecule has 0 radical (unpaired) electrons. The molecule has 0 aliphatic carbocycles. The summed E-state index contributed by atoms with van der Waals surface area (Å²) < 4.78 is 0. The second-order valence-corrected chi connectivity index (χ2v) is 7.07. The molecule has 2 aromatic rings. The second kappa shape index (κ2) is 6.28. The molecule has 0 saturated carbocycles. The van der Waals surface area contributed by atoms with E-state index in [2.05, 4.69) is 16.0 Å². The number of para-hydroxylation sites is 1. The Balaban J connectivity index is 1.82. The van der Waals surface area contributed by atoms with Gasteiger partial charge < -0.3 is 10.6 Å². The Labute approximate surface area is 144 Å². The quantitative estimate of drug-likeness (QED) is 0.852. The van der Waals surface area contributed by atoms with Crippen LogP contribution in [0.5, 0.6) is 0 Å². The van der Waals surface area contributed by atoms with Crippen LogP contribution in [0.1, 0.15) is 24.8 Å². The average molecular weight is 338 g/mol. The molecule has 0 bridgehead atoms. The number of amides is 1. The predicted octanol–water partition coefficient (Wildman–Crippen LogP) is 3.15. The lowest BCUT2D eigenvalue weighted by molar-refractivity contribution is -0.113. The Bertz CT molecular complexity index is 868. The summed E-state index contributed by atoms with van der Waals surface area (Å²) in [7, 11) is 0. The van der Waals surface area contributed by atoms with Gasteiger partial charge >= 0.3 is 0 Å². The molecule has 2 aliphatic rings. The number of pyridine rings is 1. The summed E-state index contributed by atoms with van der Waals surface area (Å²) in [6.45, 7) is 2.00. The number of anilines is 1. The molecule has 3 heterocycles. The van der Waals surface area contributed by atoms with Gasteiger partial charge in [-0.2, -0.15) is 4.99 Å². The highest BCUT2D eigenvalue weighted by atomic mass is 32.2. The smallest absolute Gasteiger partial charge is 0.286 e. The number of thioether (sulfide) groups is 1. The zero-order chi connectivity index (χ0) is 16.5. The Kier molecular flexibility index (Phi) is 3.98. The molecule has 0 atom stereocenters. The summed E-state index contributed by atoms with van der Waals surface area (Å²) in [6.07, 6.45) is 5.49. The van der Waals surface area contributed by atoms with E-state index in [9.17, 15) is 4.79 Å². The highest BCUT2D eigenvalue weighted by Crippen LogP contribution is 2.32. The van der Waals surface area contributed by atoms with Gasteiger partial charge in [-0.1, -0.05) is 18.2 Å². The van der Waals surface area contributed by atoms with Crippen LogP contribution in [0.15, 0.2) is 40.2 Å². The molecule has 1 aromatic heterocycles. The third-order valence-electron chi connectivity index (χ3n) is 4.31. The van der Waals surface area contributed by atoms with Crippen LogP contribution in [0.4, 0.5) is 5.82 Å². The highest BCUT2D eigenvalue weighted by Gasteiger charge is 2.22. The van der Waals surface area contributed by atoms with Gasteiger partial charge in [0.05, 0.1) is 10.4 Å². The summed E-state index contributed by atoms with van der Waals surface area (Å²) in [4.78, 5) is 23.5. The molecule has 5 nitrogen and oxygen atoms in total. The molecule has 1 amide bonds. The van der Waals surface area contributed by atoms with Crippen molar-refractivity contribution in [2.75, 3.05) is 18.0 Å². The van der Waals surface area contributed by atoms with Crippen molar-refractivity contribution in [2.24, 2.45) is 10.7 Å². The van der Waals surface area contributed by atoms with E-state index in [1.54, 1.807) is 0 Å². The molecular formula is C18H18N4OS. The minimum absolute atomic E-state index is 0.268. The normalized spacial score (nSPS) is 20.0. The molecule has 1 saturated heterocycles. The van der Waals surface area contributed by atoms with Gasteiger partial charge in [-0.3, -0.25) is 4.79 Å². The number of hydrogen-bond acceptors (Lipinski definition) is 5. The fourth-order valence-electron chi connectivity index (χ4n) is 3.15. The Hall–Kier alpha value is -2.34. The number of fused-ring (bicyclic) bond motifs is 1. The highest BCUT2D eigenvalue weighted by molar-refractivity contribution is 8.18. The van der Waals surface area contributed by atoms with E-state index in [0.717, 1.165) is 35.4 Å². The van der Waals surface area contributed by atoms with Crippen LogP contribution in [0.2, 0.25) is 0 Å². The lowest BCUT2D eigenvalue weighted by atomic mass is 10.1. The fraction of sp³-hybridized carbons (Fsp3) is 0.278. The second-order valence-electron chi connectivity index (χ2n) is 6.01. The molecule has 1 fully saturated rings. The van der Waals surface area contributed by atoms with Crippen LogP contribution in [0.3, 0.4) is 0 Å². The first-order valence-corrected chi connectivity index (χ1v) is 8.95. The summed E-state index contributed by atoms with van der Waals surface area (Å²) in [5.74, 6) is 0.676. The van der Waals surface area contributed by atoms with Gasteiger partial charge in [0.2, 0.25) is 0 Å². The monoisotopic (exact) mass is 338 g/mol. The van der Waals surface area contributed by atoms with E-state index < -0.39 is 0 Å². The maximum atomic E-state index is 11.9. The molecule has 122 valence electrons. The van der Waals surface area contributed by atoms with Crippen molar-refractivity contribution < 1.29 is 4.79 Å². The lowest BCUT2D eigenvalue weighted by Gasteiger charge is -2.29. The SMILES string of the molecule is NC1=NC(=O)/C(=C/c2cc3ccccc3nc2N2CCCCC2)S1. The molecule has 0 spiro atoms. The molecule has 6 heteroatoms. The molecule has 0 unspecified atom stereocenters. The zero-order valence-corrected chi connectivity index (χ0v) is 14.1. The molecule has 2 N–H and O–H groups in total. The maximum Gasteiger partial charge on any atom is 0.286 e. The first-order valence-electron chi connectivity index (χ1n) is 8.13. The number of rotatable bonds is 2. The zero-order valence-electron chi connectivity index (χ0n) is 13.2. The van der Waals surface area contributed by atoms with Gasteiger partial charge in [-0.25, -0.2) is 4.98 Å². The number of aromatic nitrogens is 1. The lowest BCUT2D eigenvalue weighted by Crippen LogP contribution is -2.30. The van der Waals surface area contributed by atoms with E-state index in [4.69, 9.17) is 10.7 Å². The Morgan fingerprint density at radius 2 is 1.96 bits per heavy atom. The van der Waals surface area contributed by atoms with Gasteiger partial charge in [-0.15, -0.1) is 0 Å². The summed E-state index contributed by atoms with van der Waals surface area (Å²) >= 11 is 1.22. The number of carbonyl (C=O) groups is 1. The minimum atomic E-state index is -0.268. The van der Waals surface area contributed by atoms with Gasteiger partial charge in [0.1, 0.15) is 5.82 Å². The van der Waals surface area contributed by atoms with Crippen LogP contribution in [0, 0.1) is 0 Å². The maximum absolute atomic E-state index is 11.9. The first-order chi connectivity index (χ1) is 11.7. The summed E-state index contributed by atoms with van der Waals surface area (Å²) in [5.41, 5.74) is 7.59. The van der Waals surface area contributed by atoms with Crippen molar-refractivity contribution in [3.8, 4) is 0 Å². The van der Waals surface area contributed by atoms with Crippen LogP contribution >= 0.6 is 11.8 Å². The number of piperidine rings is 1. The van der Waals surface area contributed by atoms with E-state index in [0.29, 0.717) is 10.1 Å². The third kappa shape index (κ3) is 2.89. The van der Waals surface area contributed by atoms with Crippen LogP contribution in [-0.2, 0) is 4.79 Å². The van der Waals surface area contributed by atoms with Gasteiger partial charge in [0, 0.05) is 24.0 Å². The van der Waals surface area contributed by atoms with Crippen LogP contribution in [-0.4, -0.2) is 29.1 Å². The van der Waals surface area contributed by atoms with Gasteiger partial charge in [0.25, 0.3) is 5.91 Å². The largest absolute Gasteiger partial charge is 0.378 e. The van der Waals surface area contributed by atoms with Crippen molar-refractivity contribution >= 4 is 45.6 Å². The van der Waals surface area contributed by atoms with E-state index >= 15 is 0 Å². The molecular weight excluding hydrogens is 320 g/mol. The molecule has 4 rings (SSSR count). The number of amidine groups is 1. The summed E-state index contributed by atoms with van der Waals surface area (Å²) in [6, 6.07) is 10.2. The van der Waals surface area contributed by atoms with Crippen molar-refractivity contribution in [3.05, 3.63) is 40.8 Å².